The Morgan fingerprint density at radius 1 is 1.35 bits per heavy atom. The lowest BCUT2D eigenvalue weighted by Gasteiger charge is -2.02. The number of anilines is 1. The fourth-order valence-electron chi connectivity index (χ4n) is 1.72. The van der Waals surface area contributed by atoms with Crippen LogP contribution in [0, 0.1) is 0 Å². The molecule has 6 nitrogen and oxygen atoms in total. The van der Waals surface area contributed by atoms with Gasteiger partial charge in [-0.2, -0.15) is 4.98 Å². The predicted molar refractivity (Wildman–Crippen MR) is 76.4 cm³/mol. The lowest BCUT2D eigenvalue weighted by Crippen LogP contribution is -1.91. The first-order chi connectivity index (χ1) is 9.76. The van der Waals surface area contributed by atoms with Gasteiger partial charge in [0.2, 0.25) is 5.82 Å². The Morgan fingerprint density at radius 3 is 3.00 bits per heavy atom. The standard InChI is InChI=1S/C13H12N4O2S/c1-2-18-9-5-3-4-8(6-9)11-16-12(19-17-11)10-7-20-13(14)15-10/h3-7H,2H2,1H3,(H2,14,15). The molecule has 0 bridgehead atoms. The molecule has 0 aliphatic rings. The summed E-state index contributed by atoms with van der Waals surface area (Å²) in [5, 5.41) is 6.21. The molecule has 2 aromatic heterocycles. The van der Waals surface area contributed by atoms with E-state index in [1.165, 1.54) is 11.3 Å². The van der Waals surface area contributed by atoms with Crippen molar-refractivity contribution in [1.82, 2.24) is 15.1 Å². The number of hydrogen-bond donors (Lipinski definition) is 1. The molecule has 0 saturated heterocycles. The van der Waals surface area contributed by atoms with Crippen LogP contribution in [0.4, 0.5) is 5.13 Å². The van der Waals surface area contributed by atoms with Crippen molar-refractivity contribution in [2.45, 2.75) is 6.92 Å². The monoisotopic (exact) mass is 288 g/mol. The van der Waals surface area contributed by atoms with Crippen molar-refractivity contribution in [3.8, 4) is 28.7 Å². The number of rotatable bonds is 4. The van der Waals surface area contributed by atoms with E-state index >= 15 is 0 Å². The fraction of sp³-hybridized carbons (Fsp3) is 0.154. The van der Waals surface area contributed by atoms with Crippen molar-refractivity contribution in [3.05, 3.63) is 29.6 Å². The maximum absolute atomic E-state index is 5.59. The molecular formula is C13H12N4O2S. The zero-order valence-electron chi connectivity index (χ0n) is 10.7. The number of hydrogen-bond acceptors (Lipinski definition) is 7. The van der Waals surface area contributed by atoms with Crippen molar-refractivity contribution in [3.63, 3.8) is 0 Å². The zero-order chi connectivity index (χ0) is 13.9. The predicted octanol–water partition coefficient (Wildman–Crippen LogP) is 2.84. The molecule has 1 aromatic carbocycles. The highest BCUT2D eigenvalue weighted by atomic mass is 32.1. The SMILES string of the molecule is CCOc1cccc(-c2noc(-c3csc(N)n3)n2)c1. The minimum absolute atomic E-state index is 0.356. The Balaban J connectivity index is 1.91. The van der Waals surface area contributed by atoms with Crippen molar-refractivity contribution in [2.24, 2.45) is 0 Å². The summed E-state index contributed by atoms with van der Waals surface area (Å²) in [7, 11) is 0. The molecule has 0 unspecified atom stereocenters. The van der Waals surface area contributed by atoms with E-state index in [2.05, 4.69) is 15.1 Å². The normalized spacial score (nSPS) is 10.7. The molecule has 0 aliphatic carbocycles. The van der Waals surface area contributed by atoms with Gasteiger partial charge in [-0.05, 0) is 19.1 Å². The quantitative estimate of drug-likeness (QED) is 0.794. The van der Waals surface area contributed by atoms with Gasteiger partial charge in [0.1, 0.15) is 11.4 Å². The Hall–Kier alpha value is -2.41. The average Bonchev–Trinajstić information content (AvgIpc) is 3.08. The van der Waals surface area contributed by atoms with Crippen molar-refractivity contribution < 1.29 is 9.26 Å². The summed E-state index contributed by atoms with van der Waals surface area (Å²) in [5.41, 5.74) is 7.01. The molecule has 0 aliphatic heterocycles. The van der Waals surface area contributed by atoms with E-state index in [1.54, 1.807) is 5.38 Å². The molecular weight excluding hydrogens is 276 g/mol. The van der Waals surface area contributed by atoms with Gasteiger partial charge in [-0.3, -0.25) is 0 Å². The number of aromatic nitrogens is 3. The van der Waals surface area contributed by atoms with E-state index in [0.717, 1.165) is 11.3 Å². The Morgan fingerprint density at radius 2 is 2.25 bits per heavy atom. The largest absolute Gasteiger partial charge is 0.494 e. The average molecular weight is 288 g/mol. The van der Waals surface area contributed by atoms with Gasteiger partial charge in [-0.1, -0.05) is 17.3 Å². The summed E-state index contributed by atoms with van der Waals surface area (Å²) in [5.74, 6) is 1.62. The number of nitrogens with zero attached hydrogens (tertiary/aromatic N) is 3. The molecule has 7 heteroatoms. The van der Waals surface area contributed by atoms with Crippen LogP contribution in [0.2, 0.25) is 0 Å². The summed E-state index contributed by atoms with van der Waals surface area (Å²) in [6, 6.07) is 7.53. The van der Waals surface area contributed by atoms with E-state index in [-0.39, 0.29) is 0 Å². The van der Waals surface area contributed by atoms with Crippen LogP contribution in [0.5, 0.6) is 5.75 Å². The minimum atomic E-state index is 0.356. The minimum Gasteiger partial charge on any atom is -0.494 e. The van der Waals surface area contributed by atoms with Crippen molar-refractivity contribution in [1.29, 1.82) is 0 Å². The second-order valence-electron chi connectivity index (χ2n) is 3.95. The van der Waals surface area contributed by atoms with Gasteiger partial charge in [0.05, 0.1) is 6.61 Å². The number of ether oxygens (including phenoxy) is 1. The molecule has 3 aromatic rings. The molecule has 0 amide bonds. The van der Waals surface area contributed by atoms with Gasteiger partial charge in [0.15, 0.2) is 5.13 Å². The maximum Gasteiger partial charge on any atom is 0.277 e. The van der Waals surface area contributed by atoms with E-state index in [0.29, 0.717) is 29.1 Å². The summed E-state index contributed by atoms with van der Waals surface area (Å²) >= 11 is 1.33. The highest BCUT2D eigenvalue weighted by Crippen LogP contribution is 2.26. The first-order valence-electron chi connectivity index (χ1n) is 6.04. The number of thiazole rings is 1. The van der Waals surface area contributed by atoms with Crippen LogP contribution >= 0.6 is 11.3 Å². The summed E-state index contributed by atoms with van der Waals surface area (Å²) in [4.78, 5) is 8.43. The van der Waals surface area contributed by atoms with E-state index in [1.807, 2.05) is 31.2 Å². The molecule has 0 saturated carbocycles. The highest BCUT2D eigenvalue weighted by molar-refractivity contribution is 7.13. The Bertz CT molecular complexity index is 722. The highest BCUT2D eigenvalue weighted by Gasteiger charge is 2.13. The lowest BCUT2D eigenvalue weighted by molar-refractivity contribution is 0.340. The zero-order valence-corrected chi connectivity index (χ0v) is 11.6. The second kappa shape index (κ2) is 5.30. The Labute approximate surface area is 119 Å². The number of nitrogens with two attached hydrogens (primary N) is 1. The van der Waals surface area contributed by atoms with Gasteiger partial charge in [-0.15, -0.1) is 11.3 Å². The maximum atomic E-state index is 5.59. The molecule has 102 valence electrons. The van der Waals surface area contributed by atoms with Gasteiger partial charge < -0.3 is 15.0 Å². The molecule has 0 radical (unpaired) electrons. The fourth-order valence-corrected chi connectivity index (χ4v) is 2.26. The van der Waals surface area contributed by atoms with Gasteiger partial charge in [0.25, 0.3) is 5.89 Å². The van der Waals surface area contributed by atoms with E-state index in [4.69, 9.17) is 15.0 Å². The number of nitrogen functional groups attached to an aromatic ring is 1. The molecule has 2 N–H and O–H groups in total. The number of benzene rings is 1. The first kappa shape index (κ1) is 12.6. The van der Waals surface area contributed by atoms with Crippen LogP contribution in [0.3, 0.4) is 0 Å². The van der Waals surface area contributed by atoms with Crippen molar-refractivity contribution in [2.75, 3.05) is 12.3 Å². The molecule has 0 spiro atoms. The van der Waals surface area contributed by atoms with Crippen LogP contribution in [0.1, 0.15) is 6.92 Å². The topological polar surface area (TPSA) is 87.1 Å². The molecule has 2 heterocycles. The summed E-state index contributed by atoms with van der Waals surface area (Å²) < 4.78 is 10.7. The third kappa shape index (κ3) is 2.48. The van der Waals surface area contributed by atoms with Gasteiger partial charge >= 0.3 is 0 Å². The van der Waals surface area contributed by atoms with E-state index in [9.17, 15) is 0 Å². The molecule has 20 heavy (non-hydrogen) atoms. The summed E-state index contributed by atoms with van der Waals surface area (Å²) in [6.45, 7) is 2.55. The smallest absolute Gasteiger partial charge is 0.277 e. The third-order valence-corrected chi connectivity index (χ3v) is 3.24. The molecule has 0 fully saturated rings. The van der Waals surface area contributed by atoms with Crippen molar-refractivity contribution >= 4 is 16.5 Å². The van der Waals surface area contributed by atoms with Gasteiger partial charge in [0, 0.05) is 10.9 Å². The van der Waals surface area contributed by atoms with Crippen LogP contribution in [0.25, 0.3) is 23.0 Å². The summed E-state index contributed by atoms with van der Waals surface area (Å²) in [6.07, 6.45) is 0. The Kier molecular flexibility index (Phi) is 3.34. The van der Waals surface area contributed by atoms with Crippen LogP contribution in [-0.4, -0.2) is 21.7 Å². The second-order valence-corrected chi connectivity index (χ2v) is 4.84. The molecule has 3 rings (SSSR count). The van der Waals surface area contributed by atoms with Crippen LogP contribution in [0.15, 0.2) is 34.2 Å². The van der Waals surface area contributed by atoms with Gasteiger partial charge in [-0.25, -0.2) is 4.98 Å². The lowest BCUT2D eigenvalue weighted by atomic mass is 10.2. The van der Waals surface area contributed by atoms with Crippen LogP contribution in [-0.2, 0) is 0 Å². The third-order valence-electron chi connectivity index (χ3n) is 2.57. The molecule has 0 atom stereocenters. The van der Waals surface area contributed by atoms with E-state index < -0.39 is 0 Å². The first-order valence-corrected chi connectivity index (χ1v) is 6.92. The van der Waals surface area contributed by atoms with Crippen LogP contribution < -0.4 is 10.5 Å².